The Morgan fingerprint density at radius 2 is 2.00 bits per heavy atom. The molecule has 3 amide bonds. The average molecular weight is 402 g/mol. The number of imide groups is 1. The zero-order chi connectivity index (χ0) is 20.6. The van der Waals surface area contributed by atoms with E-state index in [0.29, 0.717) is 25.6 Å². The van der Waals surface area contributed by atoms with Crippen molar-refractivity contribution in [2.24, 2.45) is 5.92 Å². The van der Waals surface area contributed by atoms with Crippen LogP contribution in [0.4, 0.5) is 4.39 Å². The predicted octanol–water partition coefficient (Wildman–Crippen LogP) is 2.26. The number of benzene rings is 1. The van der Waals surface area contributed by atoms with Crippen molar-refractivity contribution in [3.05, 3.63) is 35.6 Å². The van der Waals surface area contributed by atoms with Gasteiger partial charge in [0.2, 0.25) is 17.7 Å². The summed E-state index contributed by atoms with van der Waals surface area (Å²) in [6, 6.07) is 5.95. The fourth-order valence-electron chi connectivity index (χ4n) is 4.47. The molecule has 2 saturated heterocycles. The van der Waals surface area contributed by atoms with E-state index < -0.39 is 17.1 Å². The van der Waals surface area contributed by atoms with Gasteiger partial charge in [-0.3, -0.25) is 19.3 Å². The van der Waals surface area contributed by atoms with E-state index in [1.807, 2.05) is 0 Å². The second-order valence-electron chi connectivity index (χ2n) is 8.55. The van der Waals surface area contributed by atoms with Gasteiger partial charge in [0.1, 0.15) is 5.82 Å². The largest absolute Gasteiger partial charge is 0.376 e. The molecule has 2 aliphatic heterocycles. The number of nitrogens with zero attached hydrogens (tertiary/aromatic N) is 2. The molecule has 2 atom stereocenters. The first-order valence-electron chi connectivity index (χ1n) is 10.4. The lowest BCUT2D eigenvalue weighted by molar-refractivity contribution is -0.142. The molecular weight excluding hydrogens is 375 g/mol. The van der Waals surface area contributed by atoms with Crippen molar-refractivity contribution in [1.82, 2.24) is 9.80 Å². The predicted molar refractivity (Wildman–Crippen MR) is 103 cm³/mol. The van der Waals surface area contributed by atoms with E-state index in [-0.39, 0.29) is 36.3 Å². The summed E-state index contributed by atoms with van der Waals surface area (Å²) in [6.45, 7) is 1.82. The summed E-state index contributed by atoms with van der Waals surface area (Å²) in [5.41, 5.74) is -1.35. The van der Waals surface area contributed by atoms with Crippen LogP contribution in [0.1, 0.15) is 44.1 Å². The Kier molecular flexibility index (Phi) is 5.42. The van der Waals surface area contributed by atoms with Gasteiger partial charge in [0.25, 0.3) is 0 Å². The van der Waals surface area contributed by atoms with E-state index in [4.69, 9.17) is 4.74 Å². The summed E-state index contributed by atoms with van der Waals surface area (Å²) in [5, 5.41) is 0. The van der Waals surface area contributed by atoms with E-state index in [2.05, 4.69) is 0 Å². The van der Waals surface area contributed by atoms with Crippen LogP contribution in [0.25, 0.3) is 0 Å². The van der Waals surface area contributed by atoms with Crippen LogP contribution in [0.2, 0.25) is 0 Å². The number of carbonyl (C=O) groups excluding carboxylic acids is 3. The molecule has 2 heterocycles. The Balaban J connectivity index is 1.62. The SMILES string of the molecule is CN1C(=O)C[C@](CC(=O)N(CC2CC2)C[C@@H]2CCCO2)(c2ccccc2F)C1=O. The third-order valence-corrected chi connectivity index (χ3v) is 6.36. The second-order valence-corrected chi connectivity index (χ2v) is 8.55. The van der Waals surface area contributed by atoms with E-state index in [0.717, 1.165) is 30.6 Å². The number of halogens is 1. The van der Waals surface area contributed by atoms with Crippen molar-refractivity contribution in [3.63, 3.8) is 0 Å². The summed E-state index contributed by atoms with van der Waals surface area (Å²) in [6.07, 6.45) is 3.68. The normalized spacial score (nSPS) is 27.0. The number of likely N-dealkylation sites (N-methyl/N-ethyl adjacent to an activating group) is 1. The van der Waals surface area contributed by atoms with Gasteiger partial charge in [0.15, 0.2) is 0 Å². The van der Waals surface area contributed by atoms with Crippen LogP contribution in [-0.2, 0) is 24.5 Å². The van der Waals surface area contributed by atoms with Crippen molar-refractivity contribution in [3.8, 4) is 0 Å². The second kappa shape index (κ2) is 7.86. The van der Waals surface area contributed by atoms with E-state index in [1.54, 1.807) is 11.0 Å². The minimum absolute atomic E-state index is 0.00527. The average Bonchev–Trinajstić information content (AvgIpc) is 3.32. The Labute approximate surface area is 170 Å². The number of hydrogen-bond acceptors (Lipinski definition) is 4. The first-order chi connectivity index (χ1) is 13.9. The summed E-state index contributed by atoms with van der Waals surface area (Å²) < 4.78 is 20.4. The van der Waals surface area contributed by atoms with Gasteiger partial charge in [-0.25, -0.2) is 4.39 Å². The highest BCUT2D eigenvalue weighted by atomic mass is 19.1. The summed E-state index contributed by atoms with van der Waals surface area (Å²) in [5.74, 6) is -1.20. The molecule has 7 heteroatoms. The van der Waals surface area contributed by atoms with Crippen LogP contribution in [0.5, 0.6) is 0 Å². The van der Waals surface area contributed by atoms with Crippen molar-refractivity contribution in [2.75, 3.05) is 26.7 Å². The number of rotatable bonds is 7. The quantitative estimate of drug-likeness (QED) is 0.656. The van der Waals surface area contributed by atoms with Gasteiger partial charge in [-0.1, -0.05) is 18.2 Å². The van der Waals surface area contributed by atoms with Gasteiger partial charge in [-0.2, -0.15) is 0 Å². The third kappa shape index (κ3) is 3.92. The fraction of sp³-hybridized carbons (Fsp3) is 0.591. The molecule has 0 spiro atoms. The molecule has 1 saturated carbocycles. The molecule has 0 bridgehead atoms. The number of likely N-dealkylation sites (tertiary alicyclic amines) is 1. The van der Waals surface area contributed by atoms with Crippen molar-refractivity contribution in [1.29, 1.82) is 0 Å². The maximum absolute atomic E-state index is 14.7. The van der Waals surface area contributed by atoms with Crippen LogP contribution in [-0.4, -0.2) is 60.4 Å². The third-order valence-electron chi connectivity index (χ3n) is 6.36. The Morgan fingerprint density at radius 3 is 2.59 bits per heavy atom. The number of carbonyl (C=O) groups is 3. The number of ether oxygens (including phenoxy) is 1. The van der Waals surface area contributed by atoms with Crippen molar-refractivity contribution >= 4 is 17.7 Å². The molecular formula is C22H27FN2O4. The standard InChI is InChI=1S/C22H27FN2O4/c1-24-19(26)11-22(21(24)28,17-6-2-3-7-18(17)23)12-20(27)25(13-15-8-9-15)14-16-5-4-10-29-16/h2-3,6-7,15-16H,4-5,8-14H2,1H3/t16-,22-/m0/s1. The molecule has 4 rings (SSSR count). The molecule has 3 aliphatic rings. The van der Waals surface area contributed by atoms with E-state index in [1.165, 1.54) is 25.2 Å². The Morgan fingerprint density at radius 1 is 1.24 bits per heavy atom. The molecule has 0 N–H and O–H groups in total. The van der Waals surface area contributed by atoms with Crippen LogP contribution in [0.3, 0.4) is 0 Å². The first kappa shape index (κ1) is 20.0. The minimum Gasteiger partial charge on any atom is -0.376 e. The van der Waals surface area contributed by atoms with Crippen molar-refractivity contribution < 1.29 is 23.5 Å². The van der Waals surface area contributed by atoms with Crippen LogP contribution in [0.15, 0.2) is 24.3 Å². The van der Waals surface area contributed by atoms with Crippen molar-refractivity contribution in [2.45, 2.75) is 50.0 Å². The fourth-order valence-corrected chi connectivity index (χ4v) is 4.47. The maximum Gasteiger partial charge on any atom is 0.240 e. The Bertz CT molecular complexity index is 819. The topological polar surface area (TPSA) is 66.9 Å². The molecule has 29 heavy (non-hydrogen) atoms. The van der Waals surface area contributed by atoms with Gasteiger partial charge in [-0.15, -0.1) is 0 Å². The molecule has 6 nitrogen and oxygen atoms in total. The molecule has 0 unspecified atom stereocenters. The van der Waals surface area contributed by atoms with E-state index >= 15 is 0 Å². The lowest BCUT2D eigenvalue weighted by atomic mass is 9.75. The van der Waals surface area contributed by atoms with Crippen LogP contribution >= 0.6 is 0 Å². The molecule has 3 fully saturated rings. The summed E-state index contributed by atoms with van der Waals surface area (Å²) in [7, 11) is 1.39. The maximum atomic E-state index is 14.7. The van der Waals surface area contributed by atoms with Gasteiger partial charge in [0.05, 0.1) is 11.5 Å². The highest BCUT2D eigenvalue weighted by molar-refractivity contribution is 6.10. The molecule has 1 aromatic carbocycles. The molecule has 1 aliphatic carbocycles. The smallest absolute Gasteiger partial charge is 0.240 e. The summed E-state index contributed by atoms with van der Waals surface area (Å²) in [4.78, 5) is 41.6. The zero-order valence-electron chi connectivity index (χ0n) is 16.7. The first-order valence-corrected chi connectivity index (χ1v) is 10.4. The summed E-state index contributed by atoms with van der Waals surface area (Å²) >= 11 is 0. The van der Waals surface area contributed by atoms with Crippen LogP contribution in [0, 0.1) is 11.7 Å². The highest BCUT2D eigenvalue weighted by Crippen LogP contribution is 2.41. The molecule has 1 aromatic rings. The minimum atomic E-state index is -1.48. The highest BCUT2D eigenvalue weighted by Gasteiger charge is 2.54. The van der Waals surface area contributed by atoms with Gasteiger partial charge < -0.3 is 9.64 Å². The van der Waals surface area contributed by atoms with Gasteiger partial charge in [-0.05, 0) is 37.7 Å². The molecule has 0 aromatic heterocycles. The number of amides is 3. The lowest BCUT2D eigenvalue weighted by Crippen LogP contribution is -2.45. The lowest BCUT2D eigenvalue weighted by Gasteiger charge is -2.31. The van der Waals surface area contributed by atoms with Gasteiger partial charge in [0, 0.05) is 45.1 Å². The van der Waals surface area contributed by atoms with Crippen LogP contribution < -0.4 is 0 Å². The molecule has 0 radical (unpaired) electrons. The van der Waals surface area contributed by atoms with E-state index in [9.17, 15) is 18.8 Å². The zero-order valence-corrected chi connectivity index (χ0v) is 16.7. The molecule has 156 valence electrons. The Hall–Kier alpha value is -2.28. The monoisotopic (exact) mass is 402 g/mol. The number of hydrogen-bond donors (Lipinski definition) is 0. The van der Waals surface area contributed by atoms with Gasteiger partial charge >= 0.3 is 0 Å².